The van der Waals surface area contributed by atoms with E-state index in [1.54, 1.807) is 19.1 Å². The number of aliphatic hydroxyl groups excluding tert-OH is 2. The van der Waals surface area contributed by atoms with Gasteiger partial charge in [0.2, 0.25) is 0 Å². The smallest absolute Gasteiger partial charge is 0.252 e. The van der Waals surface area contributed by atoms with E-state index in [-0.39, 0.29) is 24.5 Å². The molecule has 0 spiro atoms. The second-order valence-electron chi connectivity index (χ2n) is 5.23. The minimum absolute atomic E-state index is 0.104. The van der Waals surface area contributed by atoms with Crippen LogP contribution in [-0.2, 0) is 0 Å². The van der Waals surface area contributed by atoms with E-state index < -0.39 is 17.5 Å². The second-order valence-corrected chi connectivity index (χ2v) is 6.23. The summed E-state index contributed by atoms with van der Waals surface area (Å²) in [4.78, 5) is 16.1. The van der Waals surface area contributed by atoms with Crippen molar-refractivity contribution in [1.29, 1.82) is 0 Å². The van der Waals surface area contributed by atoms with Gasteiger partial charge in [-0.05, 0) is 30.7 Å². The van der Waals surface area contributed by atoms with Crippen LogP contribution < -0.4 is 11.1 Å². The quantitative estimate of drug-likeness (QED) is 0.523. The molecule has 0 radical (unpaired) electrons. The van der Waals surface area contributed by atoms with Crippen LogP contribution in [0, 0.1) is 18.6 Å². The number of hydrogen-bond donors (Lipinski definition) is 4. The summed E-state index contributed by atoms with van der Waals surface area (Å²) in [6.07, 6.45) is 1.06. The number of aryl methyl sites for hydroxylation is 1. The van der Waals surface area contributed by atoms with Crippen LogP contribution in [0.1, 0.15) is 29.8 Å². The Labute approximate surface area is 165 Å². The molecule has 2 aromatic heterocycles. The zero-order chi connectivity index (χ0) is 21.3. The molecule has 0 saturated heterocycles. The monoisotopic (exact) mass is 411 g/mol. The molecule has 0 saturated carbocycles. The van der Waals surface area contributed by atoms with E-state index in [0.717, 1.165) is 23.1 Å². The molecule has 9 heteroatoms. The lowest BCUT2D eigenvalue weighted by atomic mass is 10.2. The third-order valence-corrected chi connectivity index (χ3v) is 4.26. The number of halogens is 2. The molecule has 3 aromatic rings. The van der Waals surface area contributed by atoms with Gasteiger partial charge >= 0.3 is 0 Å². The first-order valence-corrected chi connectivity index (χ1v) is 9.31. The number of aromatic nitrogens is 1. The number of amides is 1. The van der Waals surface area contributed by atoms with E-state index in [9.17, 15) is 13.6 Å². The molecule has 0 atom stereocenters. The molecule has 0 bridgehead atoms. The van der Waals surface area contributed by atoms with Crippen molar-refractivity contribution in [3.05, 3.63) is 53.2 Å². The zero-order valence-electron chi connectivity index (χ0n) is 15.8. The molecule has 28 heavy (non-hydrogen) atoms. The number of fused-ring (bicyclic) bond motifs is 1. The Morgan fingerprint density at radius 2 is 1.86 bits per heavy atom. The van der Waals surface area contributed by atoms with Gasteiger partial charge in [-0.2, -0.15) is 0 Å². The van der Waals surface area contributed by atoms with Crippen molar-refractivity contribution < 1.29 is 23.8 Å². The van der Waals surface area contributed by atoms with Crippen molar-refractivity contribution >= 4 is 38.1 Å². The molecule has 0 fully saturated rings. The second kappa shape index (κ2) is 11.3. The number of rotatable bonds is 4. The Balaban J connectivity index is 0.000000583. The van der Waals surface area contributed by atoms with E-state index in [4.69, 9.17) is 15.9 Å². The Hall–Kier alpha value is -2.62. The normalized spacial score (nSPS) is 9.82. The third kappa shape index (κ3) is 5.95. The first kappa shape index (κ1) is 23.4. The summed E-state index contributed by atoms with van der Waals surface area (Å²) < 4.78 is 27.3. The van der Waals surface area contributed by atoms with Gasteiger partial charge in [0.05, 0.1) is 30.7 Å². The summed E-state index contributed by atoms with van der Waals surface area (Å²) in [7, 11) is 0. The highest BCUT2D eigenvalue weighted by Gasteiger charge is 2.19. The first-order chi connectivity index (χ1) is 13.4. The van der Waals surface area contributed by atoms with Crippen molar-refractivity contribution in [2.24, 2.45) is 5.73 Å². The minimum atomic E-state index is -0.728. The average molecular weight is 411 g/mol. The molecule has 0 aliphatic rings. The van der Waals surface area contributed by atoms with Gasteiger partial charge in [0.1, 0.15) is 21.5 Å². The van der Waals surface area contributed by atoms with E-state index in [1.807, 2.05) is 13.8 Å². The predicted molar refractivity (Wildman–Crippen MR) is 108 cm³/mol. The number of pyridine rings is 1. The Morgan fingerprint density at radius 1 is 1.21 bits per heavy atom. The molecule has 5 N–H and O–H groups in total. The summed E-state index contributed by atoms with van der Waals surface area (Å²) >= 11 is 1.11. The molecule has 1 aromatic carbocycles. The maximum Gasteiger partial charge on any atom is 0.252 e. The fourth-order valence-electron chi connectivity index (χ4n) is 2.13. The van der Waals surface area contributed by atoms with Crippen molar-refractivity contribution in [3.8, 4) is 0 Å². The lowest BCUT2D eigenvalue weighted by Crippen LogP contribution is -2.12. The van der Waals surface area contributed by atoms with Gasteiger partial charge in [0.15, 0.2) is 0 Å². The van der Waals surface area contributed by atoms with Gasteiger partial charge in [-0.15, -0.1) is 0 Å². The number of thiophene rings is 1. The lowest BCUT2D eigenvalue weighted by molar-refractivity contribution is 0.100. The highest BCUT2D eigenvalue weighted by molar-refractivity contribution is 7.23. The number of aliphatic hydroxyl groups is 2. The van der Waals surface area contributed by atoms with E-state index in [1.165, 1.54) is 12.1 Å². The predicted octanol–water partition coefficient (Wildman–Crippen LogP) is 3.72. The summed E-state index contributed by atoms with van der Waals surface area (Å²) in [6, 6.07) is 5.86. The number of anilines is 2. The molecule has 0 aliphatic heterocycles. The third-order valence-electron chi connectivity index (χ3n) is 3.23. The largest absolute Gasteiger partial charge is 0.394 e. The summed E-state index contributed by atoms with van der Waals surface area (Å²) in [5.74, 6) is -1.75. The molecule has 0 aliphatic carbocycles. The summed E-state index contributed by atoms with van der Waals surface area (Å²) in [5.41, 5.74) is 6.46. The first-order valence-electron chi connectivity index (χ1n) is 8.50. The van der Waals surface area contributed by atoms with Crippen LogP contribution in [0.15, 0.2) is 30.5 Å². The molecule has 3 rings (SSSR count). The number of nitrogens with two attached hydrogens (primary N) is 1. The van der Waals surface area contributed by atoms with E-state index in [0.29, 0.717) is 15.2 Å². The molecular weight excluding hydrogens is 388 g/mol. The zero-order valence-corrected chi connectivity index (χ0v) is 16.6. The van der Waals surface area contributed by atoms with Gasteiger partial charge in [-0.1, -0.05) is 31.3 Å². The van der Waals surface area contributed by atoms with Crippen LogP contribution in [0.5, 0.6) is 0 Å². The average Bonchev–Trinajstić information content (AvgIpc) is 3.03. The highest BCUT2D eigenvalue weighted by Crippen LogP contribution is 2.36. The number of carbonyl (C=O) groups is 1. The minimum Gasteiger partial charge on any atom is -0.394 e. The number of carbonyl (C=O) groups excluding carboxylic acids is 1. The number of benzene rings is 1. The SMILES string of the molecule is CC.Cc1ccc(Nc2sc3ncc(F)cc3c2C(N)=O)c(F)c1.OCCO. The van der Waals surface area contributed by atoms with Crippen LogP contribution in [0.25, 0.3) is 10.2 Å². The fourth-order valence-corrected chi connectivity index (χ4v) is 3.18. The fraction of sp³-hybridized carbons (Fsp3) is 0.263. The van der Waals surface area contributed by atoms with Gasteiger partial charge in [-0.25, -0.2) is 13.8 Å². The van der Waals surface area contributed by atoms with E-state index in [2.05, 4.69) is 10.3 Å². The number of hydrogen-bond acceptors (Lipinski definition) is 6. The van der Waals surface area contributed by atoms with Crippen molar-refractivity contribution in [2.75, 3.05) is 18.5 Å². The van der Waals surface area contributed by atoms with Crippen molar-refractivity contribution in [2.45, 2.75) is 20.8 Å². The number of nitrogens with zero attached hydrogens (tertiary/aromatic N) is 1. The molecular formula is C19H23F2N3O3S. The van der Waals surface area contributed by atoms with Crippen molar-refractivity contribution in [1.82, 2.24) is 4.98 Å². The summed E-state index contributed by atoms with van der Waals surface area (Å²) in [5, 5.41) is 18.7. The van der Waals surface area contributed by atoms with Gasteiger partial charge < -0.3 is 21.3 Å². The van der Waals surface area contributed by atoms with Gasteiger partial charge in [-0.3, -0.25) is 4.79 Å². The molecule has 152 valence electrons. The topological polar surface area (TPSA) is 108 Å². The van der Waals surface area contributed by atoms with Gasteiger partial charge in [0, 0.05) is 5.39 Å². The van der Waals surface area contributed by atoms with Crippen LogP contribution in [0.4, 0.5) is 19.5 Å². The summed E-state index contributed by atoms with van der Waals surface area (Å²) in [6.45, 7) is 5.52. The Kier molecular flexibility index (Phi) is 9.43. The molecule has 6 nitrogen and oxygen atoms in total. The van der Waals surface area contributed by atoms with Crippen molar-refractivity contribution in [3.63, 3.8) is 0 Å². The molecule has 0 unspecified atom stereocenters. The maximum atomic E-state index is 13.9. The van der Waals surface area contributed by atoms with Gasteiger partial charge in [0.25, 0.3) is 5.91 Å². The Morgan fingerprint density at radius 3 is 2.39 bits per heavy atom. The lowest BCUT2D eigenvalue weighted by Gasteiger charge is -2.07. The molecule has 2 heterocycles. The number of nitrogens with one attached hydrogen (secondary N) is 1. The van der Waals surface area contributed by atoms with Crippen LogP contribution in [0.3, 0.4) is 0 Å². The number of primary amides is 1. The maximum absolute atomic E-state index is 13.9. The highest BCUT2D eigenvalue weighted by atomic mass is 32.1. The van der Waals surface area contributed by atoms with Crippen LogP contribution in [-0.4, -0.2) is 34.3 Å². The molecule has 1 amide bonds. The van der Waals surface area contributed by atoms with Crippen LogP contribution in [0.2, 0.25) is 0 Å². The van der Waals surface area contributed by atoms with Crippen LogP contribution >= 0.6 is 11.3 Å². The standard InChI is InChI=1S/C15H11F2N3OS.C2H6O2.C2H6/c1-7-2-3-11(10(17)4-7)20-15-12(13(18)21)9-5-8(16)6-19-14(9)22-15;3-1-2-4;1-2/h2-6,20H,1H3,(H2,18,21);3-4H,1-2H2;1-2H3. The van der Waals surface area contributed by atoms with E-state index >= 15 is 0 Å². The Bertz CT molecular complexity index is 930.